The number of benzene rings is 3. The first-order valence-electron chi connectivity index (χ1n) is 9.54. The first-order chi connectivity index (χ1) is 14.2. The maximum Gasteiger partial charge on any atom is 0.261 e. The van der Waals surface area contributed by atoms with Crippen LogP contribution in [-0.2, 0) is 11.3 Å². The van der Waals surface area contributed by atoms with Crippen molar-refractivity contribution in [2.45, 2.75) is 26.0 Å². The number of carbonyl (C=O) groups is 1. The van der Waals surface area contributed by atoms with Crippen LogP contribution in [0, 0.1) is 0 Å². The Morgan fingerprint density at radius 2 is 1.79 bits per heavy atom. The van der Waals surface area contributed by atoms with Crippen LogP contribution < -0.4 is 10.1 Å². The quantitative estimate of drug-likeness (QED) is 0.510. The number of ether oxygens (including phenoxy) is 1. The molecule has 0 spiro atoms. The van der Waals surface area contributed by atoms with Crippen molar-refractivity contribution in [3.05, 3.63) is 78.7 Å². The van der Waals surface area contributed by atoms with Crippen LogP contribution in [0.2, 0.25) is 0 Å². The van der Waals surface area contributed by atoms with E-state index < -0.39 is 6.10 Å². The second kappa shape index (κ2) is 8.56. The molecule has 0 aliphatic rings. The molecule has 0 fully saturated rings. The van der Waals surface area contributed by atoms with E-state index >= 15 is 0 Å². The maximum atomic E-state index is 12.6. The van der Waals surface area contributed by atoms with Crippen LogP contribution in [0.25, 0.3) is 22.2 Å². The summed E-state index contributed by atoms with van der Waals surface area (Å²) < 4.78 is 11.2. The average Bonchev–Trinajstić information content (AvgIpc) is 3.25. The fourth-order valence-electron chi connectivity index (χ4n) is 3.03. The molecule has 0 unspecified atom stereocenters. The summed E-state index contributed by atoms with van der Waals surface area (Å²) in [5.74, 6) is 1.28. The molecule has 0 saturated carbocycles. The molecular formula is C23H21N3O3. The van der Waals surface area contributed by atoms with Gasteiger partial charge in [0.2, 0.25) is 11.7 Å². The van der Waals surface area contributed by atoms with Crippen LogP contribution in [0.4, 0.5) is 0 Å². The minimum absolute atomic E-state index is 0.149. The highest BCUT2D eigenvalue weighted by molar-refractivity contribution is 5.84. The van der Waals surface area contributed by atoms with E-state index in [1.807, 2.05) is 79.7 Å². The van der Waals surface area contributed by atoms with Crippen LogP contribution >= 0.6 is 0 Å². The van der Waals surface area contributed by atoms with Crippen LogP contribution in [-0.4, -0.2) is 22.2 Å². The predicted octanol–water partition coefficient (Wildman–Crippen LogP) is 4.36. The summed E-state index contributed by atoms with van der Waals surface area (Å²) in [5.41, 5.74) is 0.861. The largest absolute Gasteiger partial charge is 0.481 e. The second-order valence-electron chi connectivity index (χ2n) is 6.62. The Balaban J connectivity index is 1.38. The van der Waals surface area contributed by atoms with Crippen LogP contribution in [0.1, 0.15) is 19.2 Å². The SMILES string of the molecule is CC[C@H](Oc1ccc2ccccc2c1)C(=O)NCc1nc(-c2ccccc2)no1. The van der Waals surface area contributed by atoms with E-state index in [0.29, 0.717) is 23.9 Å². The molecule has 0 aliphatic heterocycles. The molecule has 29 heavy (non-hydrogen) atoms. The number of nitrogens with zero attached hydrogens (tertiary/aromatic N) is 2. The van der Waals surface area contributed by atoms with Gasteiger partial charge in [0.1, 0.15) is 5.75 Å². The van der Waals surface area contributed by atoms with Crippen molar-refractivity contribution in [2.75, 3.05) is 0 Å². The Bertz CT molecular complexity index is 1110. The molecule has 1 amide bonds. The zero-order chi connectivity index (χ0) is 20.1. The summed E-state index contributed by atoms with van der Waals surface area (Å²) in [6.07, 6.45) is -0.0646. The lowest BCUT2D eigenvalue weighted by molar-refractivity contribution is -0.128. The van der Waals surface area contributed by atoms with E-state index in [0.717, 1.165) is 16.3 Å². The van der Waals surface area contributed by atoms with Crippen molar-refractivity contribution >= 4 is 16.7 Å². The van der Waals surface area contributed by atoms with E-state index in [4.69, 9.17) is 9.26 Å². The van der Waals surface area contributed by atoms with Gasteiger partial charge in [0.25, 0.3) is 5.91 Å². The van der Waals surface area contributed by atoms with Gasteiger partial charge in [-0.1, -0.05) is 72.7 Å². The van der Waals surface area contributed by atoms with Crippen LogP contribution in [0.5, 0.6) is 5.75 Å². The molecule has 6 nitrogen and oxygen atoms in total. The van der Waals surface area contributed by atoms with Gasteiger partial charge in [-0.2, -0.15) is 4.98 Å². The van der Waals surface area contributed by atoms with Crippen molar-refractivity contribution in [3.63, 3.8) is 0 Å². The molecule has 0 bridgehead atoms. The van der Waals surface area contributed by atoms with Gasteiger partial charge >= 0.3 is 0 Å². The normalized spacial score (nSPS) is 11.9. The Morgan fingerprint density at radius 1 is 1.03 bits per heavy atom. The lowest BCUT2D eigenvalue weighted by Gasteiger charge is -2.17. The molecule has 146 valence electrons. The first kappa shape index (κ1) is 18.7. The predicted molar refractivity (Wildman–Crippen MR) is 110 cm³/mol. The molecule has 4 rings (SSSR count). The molecule has 1 aromatic heterocycles. The number of nitrogens with one attached hydrogen (secondary N) is 1. The summed E-state index contributed by atoms with van der Waals surface area (Å²) in [5, 5.41) is 8.97. The Kier molecular flexibility index (Phi) is 5.52. The lowest BCUT2D eigenvalue weighted by atomic mass is 10.1. The van der Waals surface area contributed by atoms with Gasteiger partial charge in [-0.25, -0.2) is 0 Å². The number of amides is 1. The van der Waals surface area contributed by atoms with Gasteiger partial charge < -0.3 is 14.6 Å². The fourth-order valence-corrected chi connectivity index (χ4v) is 3.03. The van der Waals surface area contributed by atoms with E-state index in [1.54, 1.807) is 0 Å². The Morgan fingerprint density at radius 3 is 2.59 bits per heavy atom. The van der Waals surface area contributed by atoms with Crippen molar-refractivity contribution in [1.82, 2.24) is 15.5 Å². The molecule has 3 aromatic carbocycles. The Hall–Kier alpha value is -3.67. The Labute approximate surface area is 168 Å². The topological polar surface area (TPSA) is 77.2 Å². The first-order valence-corrected chi connectivity index (χ1v) is 9.54. The number of hydrogen-bond acceptors (Lipinski definition) is 5. The molecule has 0 saturated heterocycles. The number of carbonyl (C=O) groups excluding carboxylic acids is 1. The number of aromatic nitrogens is 2. The highest BCUT2D eigenvalue weighted by atomic mass is 16.5. The highest BCUT2D eigenvalue weighted by Gasteiger charge is 2.19. The van der Waals surface area contributed by atoms with E-state index in [9.17, 15) is 4.79 Å². The average molecular weight is 387 g/mol. The van der Waals surface area contributed by atoms with Gasteiger partial charge in [0, 0.05) is 5.56 Å². The van der Waals surface area contributed by atoms with Crippen molar-refractivity contribution in [1.29, 1.82) is 0 Å². The van der Waals surface area contributed by atoms with Gasteiger partial charge in [0.15, 0.2) is 6.10 Å². The second-order valence-corrected chi connectivity index (χ2v) is 6.62. The summed E-state index contributed by atoms with van der Waals surface area (Å²) in [6.45, 7) is 2.06. The zero-order valence-electron chi connectivity index (χ0n) is 16.0. The minimum Gasteiger partial charge on any atom is -0.481 e. The summed E-state index contributed by atoms with van der Waals surface area (Å²) in [6, 6.07) is 23.4. The summed E-state index contributed by atoms with van der Waals surface area (Å²) in [7, 11) is 0. The molecule has 6 heteroatoms. The van der Waals surface area contributed by atoms with Gasteiger partial charge in [-0.05, 0) is 29.3 Å². The number of hydrogen-bond donors (Lipinski definition) is 1. The van der Waals surface area contributed by atoms with Crippen LogP contribution in [0.15, 0.2) is 77.3 Å². The number of fused-ring (bicyclic) bond motifs is 1. The summed E-state index contributed by atoms with van der Waals surface area (Å²) >= 11 is 0. The van der Waals surface area contributed by atoms with Crippen molar-refractivity contribution in [2.24, 2.45) is 0 Å². The molecule has 4 aromatic rings. The monoisotopic (exact) mass is 387 g/mol. The highest BCUT2D eigenvalue weighted by Crippen LogP contribution is 2.22. The summed E-state index contributed by atoms with van der Waals surface area (Å²) in [4.78, 5) is 16.9. The molecule has 0 radical (unpaired) electrons. The third-order valence-corrected chi connectivity index (χ3v) is 4.58. The standard InChI is InChI=1S/C23H21N3O3/c1-2-20(28-19-13-12-16-8-6-7-11-18(16)14-19)23(27)24-15-21-25-22(26-29-21)17-9-4-3-5-10-17/h3-14,20H,2,15H2,1H3,(H,24,27)/t20-/m0/s1. The third-order valence-electron chi connectivity index (χ3n) is 4.58. The molecular weight excluding hydrogens is 366 g/mol. The van der Waals surface area contributed by atoms with E-state index in [2.05, 4.69) is 15.5 Å². The van der Waals surface area contributed by atoms with Gasteiger partial charge in [-0.15, -0.1) is 0 Å². The molecule has 1 heterocycles. The zero-order valence-corrected chi connectivity index (χ0v) is 16.0. The smallest absolute Gasteiger partial charge is 0.261 e. The van der Waals surface area contributed by atoms with E-state index in [-0.39, 0.29) is 12.5 Å². The van der Waals surface area contributed by atoms with Crippen molar-refractivity contribution < 1.29 is 14.1 Å². The molecule has 1 atom stereocenters. The number of rotatable bonds is 7. The third kappa shape index (κ3) is 4.43. The fraction of sp³-hybridized carbons (Fsp3) is 0.174. The molecule has 0 aliphatic carbocycles. The van der Waals surface area contributed by atoms with Crippen LogP contribution in [0.3, 0.4) is 0 Å². The molecule has 1 N–H and O–H groups in total. The van der Waals surface area contributed by atoms with Crippen molar-refractivity contribution in [3.8, 4) is 17.1 Å². The van der Waals surface area contributed by atoms with Gasteiger partial charge in [-0.3, -0.25) is 4.79 Å². The lowest BCUT2D eigenvalue weighted by Crippen LogP contribution is -2.37. The maximum absolute atomic E-state index is 12.6. The minimum atomic E-state index is -0.604. The van der Waals surface area contributed by atoms with E-state index in [1.165, 1.54) is 0 Å². The van der Waals surface area contributed by atoms with Gasteiger partial charge in [0.05, 0.1) is 6.54 Å².